The lowest BCUT2D eigenvalue weighted by atomic mass is 10.2. The van der Waals surface area contributed by atoms with Crippen molar-refractivity contribution < 1.29 is 4.74 Å². The highest BCUT2D eigenvalue weighted by Crippen LogP contribution is 2.28. The maximum Gasteiger partial charge on any atom is 0.331 e. The molecule has 0 saturated carbocycles. The lowest BCUT2D eigenvalue weighted by Crippen LogP contribution is -2.15. The van der Waals surface area contributed by atoms with E-state index in [4.69, 9.17) is 27.9 Å². The van der Waals surface area contributed by atoms with Gasteiger partial charge in [0.25, 0.3) is 0 Å². The fraction of sp³-hybridized carbons (Fsp3) is 0.0714. The molecule has 1 heterocycles. The molecule has 0 aliphatic carbocycles. The third-order valence-electron chi connectivity index (χ3n) is 3.03. The molecular weight excluding hydrogens is 299 g/mol. The Hall–Kier alpha value is -1.91. The summed E-state index contributed by atoms with van der Waals surface area (Å²) in [7, 11) is 1.55. The first-order valence-corrected chi connectivity index (χ1v) is 6.60. The molecule has 0 unspecified atom stereocenters. The second-order valence-corrected chi connectivity index (χ2v) is 5.12. The highest BCUT2D eigenvalue weighted by atomic mass is 35.5. The van der Waals surface area contributed by atoms with Crippen LogP contribution in [-0.4, -0.2) is 16.7 Å². The van der Waals surface area contributed by atoms with Gasteiger partial charge in [-0.05, 0) is 36.4 Å². The highest BCUT2D eigenvalue weighted by Gasteiger charge is 2.13. The van der Waals surface area contributed by atoms with Crippen LogP contribution in [0.15, 0.2) is 41.2 Å². The summed E-state index contributed by atoms with van der Waals surface area (Å²) in [6.07, 6.45) is 0. The van der Waals surface area contributed by atoms with Crippen molar-refractivity contribution in [2.24, 2.45) is 0 Å². The van der Waals surface area contributed by atoms with Gasteiger partial charge in [-0.25, -0.2) is 4.79 Å². The number of fused-ring (bicyclic) bond motifs is 1. The summed E-state index contributed by atoms with van der Waals surface area (Å²) in [5.74, 6) is 0.562. The summed E-state index contributed by atoms with van der Waals surface area (Å²) < 4.78 is 6.80. The van der Waals surface area contributed by atoms with Crippen LogP contribution >= 0.6 is 23.2 Å². The van der Waals surface area contributed by atoms with Gasteiger partial charge in [0.15, 0.2) is 0 Å². The normalized spacial score (nSPS) is 10.9. The Balaban J connectivity index is 2.37. The second kappa shape index (κ2) is 4.89. The molecule has 0 radical (unpaired) electrons. The van der Waals surface area contributed by atoms with Gasteiger partial charge in [0, 0.05) is 10.0 Å². The average Bonchev–Trinajstić information content (AvgIpc) is 2.73. The molecule has 0 bridgehead atoms. The number of nitrogens with one attached hydrogen (secondary N) is 1. The zero-order valence-corrected chi connectivity index (χ0v) is 12.0. The molecule has 0 fully saturated rings. The Kier molecular flexibility index (Phi) is 3.20. The molecule has 3 aromatic rings. The summed E-state index contributed by atoms with van der Waals surface area (Å²) in [5, 5.41) is 1.08. The van der Waals surface area contributed by atoms with Crippen LogP contribution in [-0.2, 0) is 0 Å². The smallest absolute Gasteiger partial charge is 0.331 e. The highest BCUT2D eigenvalue weighted by molar-refractivity contribution is 6.31. The molecule has 6 heteroatoms. The predicted molar refractivity (Wildman–Crippen MR) is 80.5 cm³/mol. The first kappa shape index (κ1) is 13.1. The summed E-state index contributed by atoms with van der Waals surface area (Å²) in [6, 6.07) is 10.3. The van der Waals surface area contributed by atoms with E-state index in [0.717, 1.165) is 0 Å². The molecule has 4 nitrogen and oxygen atoms in total. The number of aromatic amines is 1. The number of benzene rings is 2. The molecule has 0 saturated heterocycles. The molecule has 0 aliphatic heterocycles. The van der Waals surface area contributed by atoms with Gasteiger partial charge in [-0.2, -0.15) is 0 Å². The van der Waals surface area contributed by atoms with Gasteiger partial charge in [0.2, 0.25) is 0 Å². The second-order valence-electron chi connectivity index (χ2n) is 4.24. The van der Waals surface area contributed by atoms with Gasteiger partial charge in [0.1, 0.15) is 5.75 Å². The van der Waals surface area contributed by atoms with Crippen LogP contribution in [0.2, 0.25) is 10.0 Å². The van der Waals surface area contributed by atoms with E-state index in [2.05, 4.69) is 4.98 Å². The third-order valence-corrected chi connectivity index (χ3v) is 3.50. The Labute approximate surface area is 124 Å². The number of nitrogens with zero attached hydrogens (tertiary/aromatic N) is 1. The molecule has 0 amide bonds. The SMILES string of the molecule is COc1ccc(Cl)cc1-n1c(=O)[nH]c2cc(Cl)ccc21. The van der Waals surface area contributed by atoms with Crippen molar-refractivity contribution >= 4 is 34.2 Å². The van der Waals surface area contributed by atoms with E-state index < -0.39 is 0 Å². The molecule has 0 aliphatic rings. The predicted octanol–water partition coefficient (Wildman–Crippen LogP) is 3.63. The first-order valence-electron chi connectivity index (χ1n) is 5.84. The number of aromatic nitrogens is 2. The number of hydrogen-bond acceptors (Lipinski definition) is 2. The first-order chi connectivity index (χ1) is 9.60. The molecule has 0 spiro atoms. The van der Waals surface area contributed by atoms with Gasteiger partial charge < -0.3 is 9.72 Å². The van der Waals surface area contributed by atoms with Gasteiger partial charge in [-0.15, -0.1) is 0 Å². The van der Waals surface area contributed by atoms with Crippen molar-refractivity contribution in [3.05, 3.63) is 56.9 Å². The van der Waals surface area contributed by atoms with Crippen molar-refractivity contribution in [2.45, 2.75) is 0 Å². The van der Waals surface area contributed by atoms with Crippen LogP contribution < -0.4 is 10.4 Å². The average molecular weight is 309 g/mol. The van der Waals surface area contributed by atoms with Crippen molar-refractivity contribution in [3.63, 3.8) is 0 Å². The fourth-order valence-corrected chi connectivity index (χ4v) is 2.50. The van der Waals surface area contributed by atoms with E-state index in [1.54, 1.807) is 43.5 Å². The molecule has 3 rings (SSSR count). The Morgan fingerprint density at radius 3 is 2.55 bits per heavy atom. The topological polar surface area (TPSA) is 47.0 Å². The van der Waals surface area contributed by atoms with Crippen LogP contribution in [0.5, 0.6) is 5.75 Å². The number of hydrogen-bond donors (Lipinski definition) is 1. The summed E-state index contributed by atoms with van der Waals surface area (Å²) in [4.78, 5) is 15.0. The van der Waals surface area contributed by atoms with E-state index in [-0.39, 0.29) is 5.69 Å². The minimum absolute atomic E-state index is 0.275. The van der Waals surface area contributed by atoms with E-state index in [1.165, 1.54) is 4.57 Å². The number of rotatable bonds is 2. The van der Waals surface area contributed by atoms with Crippen molar-refractivity contribution in [1.29, 1.82) is 0 Å². The molecule has 0 atom stereocenters. The van der Waals surface area contributed by atoms with E-state index in [9.17, 15) is 4.79 Å². The minimum Gasteiger partial charge on any atom is -0.495 e. The van der Waals surface area contributed by atoms with Crippen LogP contribution in [0.3, 0.4) is 0 Å². The largest absolute Gasteiger partial charge is 0.495 e. The van der Waals surface area contributed by atoms with Crippen LogP contribution in [0.1, 0.15) is 0 Å². The zero-order chi connectivity index (χ0) is 14.3. The number of ether oxygens (including phenoxy) is 1. The van der Waals surface area contributed by atoms with E-state index >= 15 is 0 Å². The standard InChI is InChI=1S/C14H10Cl2N2O2/c1-20-13-5-3-9(16)7-12(13)18-11-4-2-8(15)6-10(11)17-14(18)19/h2-7H,1H3,(H,17,19). The fourth-order valence-electron chi connectivity index (χ4n) is 2.16. The van der Waals surface area contributed by atoms with Crippen LogP contribution in [0, 0.1) is 0 Å². The van der Waals surface area contributed by atoms with Crippen molar-refractivity contribution in [1.82, 2.24) is 9.55 Å². The molecule has 20 heavy (non-hydrogen) atoms. The maximum absolute atomic E-state index is 12.2. The van der Waals surface area contributed by atoms with Crippen molar-refractivity contribution in [3.8, 4) is 11.4 Å². The quantitative estimate of drug-likeness (QED) is 0.785. The Bertz CT molecular complexity index is 852. The van der Waals surface area contributed by atoms with Crippen LogP contribution in [0.25, 0.3) is 16.7 Å². The molecule has 102 valence electrons. The van der Waals surface area contributed by atoms with Crippen LogP contribution in [0.4, 0.5) is 0 Å². The Morgan fingerprint density at radius 2 is 1.80 bits per heavy atom. The zero-order valence-electron chi connectivity index (χ0n) is 10.5. The summed E-state index contributed by atoms with van der Waals surface area (Å²) >= 11 is 12.0. The van der Waals surface area contributed by atoms with Gasteiger partial charge >= 0.3 is 5.69 Å². The van der Waals surface area contributed by atoms with E-state index in [0.29, 0.717) is 32.5 Å². The lowest BCUT2D eigenvalue weighted by Gasteiger charge is -2.10. The molecular formula is C14H10Cl2N2O2. The maximum atomic E-state index is 12.2. The number of H-pyrrole nitrogens is 1. The minimum atomic E-state index is -0.275. The summed E-state index contributed by atoms with van der Waals surface area (Å²) in [6.45, 7) is 0. The summed E-state index contributed by atoms with van der Waals surface area (Å²) in [5.41, 5.74) is 1.67. The molecule has 1 N–H and O–H groups in total. The Morgan fingerprint density at radius 1 is 1.10 bits per heavy atom. The lowest BCUT2D eigenvalue weighted by molar-refractivity contribution is 0.413. The third kappa shape index (κ3) is 2.07. The van der Waals surface area contributed by atoms with Gasteiger partial charge in [0.05, 0.1) is 23.8 Å². The van der Waals surface area contributed by atoms with Crippen molar-refractivity contribution in [2.75, 3.05) is 7.11 Å². The van der Waals surface area contributed by atoms with E-state index in [1.807, 2.05) is 0 Å². The number of methoxy groups -OCH3 is 1. The van der Waals surface area contributed by atoms with Gasteiger partial charge in [-0.1, -0.05) is 23.2 Å². The molecule has 2 aromatic carbocycles. The number of halogens is 2. The molecule has 1 aromatic heterocycles. The monoisotopic (exact) mass is 308 g/mol. The van der Waals surface area contributed by atoms with Gasteiger partial charge in [-0.3, -0.25) is 4.57 Å². The number of imidazole rings is 1.